The third kappa shape index (κ3) is 6.06. The number of nitrogens with one attached hydrogen (secondary N) is 2. The van der Waals surface area contributed by atoms with Gasteiger partial charge in [0.25, 0.3) is 11.8 Å². The fraction of sp³-hybridized carbons (Fsp3) is 0.200. The first kappa shape index (κ1) is 21.4. The molecule has 2 N–H and O–H groups in total. The molecule has 0 aliphatic heterocycles. The first-order valence-electron chi connectivity index (χ1n) is 8.49. The molecule has 0 heterocycles. The Morgan fingerprint density at radius 3 is 2.21 bits per heavy atom. The van der Waals surface area contributed by atoms with E-state index in [0.717, 1.165) is 0 Å². The average Bonchev–Trinajstić information content (AvgIpc) is 2.76. The van der Waals surface area contributed by atoms with Crippen molar-refractivity contribution in [1.82, 2.24) is 10.7 Å². The lowest BCUT2D eigenvalue weighted by Crippen LogP contribution is -2.34. The molecule has 0 aliphatic rings. The Labute approximate surface area is 167 Å². The summed E-state index contributed by atoms with van der Waals surface area (Å²) in [7, 11) is 4.26. The minimum atomic E-state index is -0.499. The highest BCUT2D eigenvalue weighted by Gasteiger charge is 2.11. The average molecular weight is 399 g/mol. The Morgan fingerprint density at radius 2 is 1.59 bits per heavy atom. The zero-order valence-corrected chi connectivity index (χ0v) is 16.2. The number of amides is 2. The van der Waals surface area contributed by atoms with Crippen molar-refractivity contribution in [2.45, 2.75) is 0 Å². The van der Waals surface area contributed by atoms with Gasteiger partial charge in [-0.2, -0.15) is 5.10 Å². The van der Waals surface area contributed by atoms with Gasteiger partial charge in [-0.05, 0) is 35.9 Å². The molecule has 0 fully saturated rings. The van der Waals surface area contributed by atoms with Crippen LogP contribution in [-0.2, 0) is 9.53 Å². The van der Waals surface area contributed by atoms with Crippen LogP contribution in [0.3, 0.4) is 0 Å². The molecule has 152 valence electrons. The fourth-order valence-corrected chi connectivity index (χ4v) is 2.28. The number of benzene rings is 2. The van der Waals surface area contributed by atoms with Gasteiger partial charge >= 0.3 is 5.97 Å². The lowest BCUT2D eigenvalue weighted by atomic mass is 10.1. The van der Waals surface area contributed by atoms with Crippen molar-refractivity contribution in [3.8, 4) is 11.5 Å². The minimum absolute atomic E-state index is 0.258. The molecule has 0 atom stereocenters. The second-order valence-electron chi connectivity index (χ2n) is 5.66. The number of hydrazone groups is 1. The largest absolute Gasteiger partial charge is 0.493 e. The van der Waals surface area contributed by atoms with Crippen LogP contribution in [0.15, 0.2) is 47.6 Å². The number of nitrogens with zero attached hydrogens (tertiary/aromatic N) is 1. The summed E-state index contributed by atoms with van der Waals surface area (Å²) < 4.78 is 14.9. The predicted octanol–water partition coefficient (Wildman–Crippen LogP) is 1.37. The smallest absolute Gasteiger partial charge is 0.337 e. The maximum atomic E-state index is 12.2. The van der Waals surface area contributed by atoms with Crippen molar-refractivity contribution >= 4 is 24.0 Å². The van der Waals surface area contributed by atoms with E-state index in [2.05, 4.69) is 20.6 Å². The molecule has 0 aliphatic carbocycles. The van der Waals surface area contributed by atoms with Crippen molar-refractivity contribution in [2.75, 3.05) is 27.9 Å². The van der Waals surface area contributed by atoms with Gasteiger partial charge in [-0.25, -0.2) is 10.2 Å². The van der Waals surface area contributed by atoms with E-state index in [1.807, 2.05) is 0 Å². The standard InChI is InChI=1S/C20H21N3O6/c1-27-16-9-8-15(10-17(16)28-2)19(25)21-12-18(24)23-22-11-13-4-6-14(7-5-13)20(26)29-3/h4-11H,12H2,1-3H3,(H,21,25)(H,23,24). The highest BCUT2D eigenvalue weighted by molar-refractivity contribution is 5.97. The van der Waals surface area contributed by atoms with E-state index < -0.39 is 17.8 Å². The molecule has 9 heteroatoms. The first-order chi connectivity index (χ1) is 14.0. The zero-order chi connectivity index (χ0) is 21.2. The lowest BCUT2D eigenvalue weighted by molar-refractivity contribution is -0.120. The van der Waals surface area contributed by atoms with Crippen LogP contribution in [-0.4, -0.2) is 51.9 Å². The summed E-state index contributed by atoms with van der Waals surface area (Å²) in [4.78, 5) is 35.4. The van der Waals surface area contributed by atoms with Crippen molar-refractivity contribution in [3.05, 3.63) is 59.2 Å². The maximum Gasteiger partial charge on any atom is 0.337 e. The molecule has 0 bridgehead atoms. The summed E-state index contributed by atoms with van der Waals surface area (Å²) in [5.74, 6) is -0.472. The van der Waals surface area contributed by atoms with E-state index in [0.29, 0.717) is 28.2 Å². The lowest BCUT2D eigenvalue weighted by Gasteiger charge is -2.09. The van der Waals surface area contributed by atoms with E-state index in [4.69, 9.17) is 9.47 Å². The number of hydrogen-bond donors (Lipinski definition) is 2. The molecule has 0 unspecified atom stereocenters. The summed E-state index contributed by atoms with van der Waals surface area (Å²) >= 11 is 0. The van der Waals surface area contributed by atoms with Gasteiger partial charge in [0.15, 0.2) is 11.5 Å². The van der Waals surface area contributed by atoms with E-state index >= 15 is 0 Å². The monoisotopic (exact) mass is 399 g/mol. The Morgan fingerprint density at radius 1 is 0.931 bits per heavy atom. The maximum absolute atomic E-state index is 12.2. The molecular weight excluding hydrogens is 378 g/mol. The van der Waals surface area contributed by atoms with Crippen LogP contribution in [0.4, 0.5) is 0 Å². The van der Waals surface area contributed by atoms with Gasteiger partial charge in [-0.15, -0.1) is 0 Å². The summed E-state index contributed by atoms with van der Waals surface area (Å²) in [6, 6.07) is 11.1. The normalized spacial score (nSPS) is 10.3. The van der Waals surface area contributed by atoms with Crippen LogP contribution in [0.5, 0.6) is 11.5 Å². The van der Waals surface area contributed by atoms with E-state index in [-0.39, 0.29) is 6.54 Å². The van der Waals surface area contributed by atoms with Gasteiger partial charge in [-0.1, -0.05) is 12.1 Å². The van der Waals surface area contributed by atoms with Gasteiger partial charge in [0, 0.05) is 5.56 Å². The van der Waals surface area contributed by atoms with Gasteiger partial charge in [0.2, 0.25) is 0 Å². The highest BCUT2D eigenvalue weighted by atomic mass is 16.5. The quantitative estimate of drug-likeness (QED) is 0.394. The number of esters is 1. The molecule has 2 rings (SSSR count). The van der Waals surface area contributed by atoms with Crippen molar-refractivity contribution in [3.63, 3.8) is 0 Å². The molecule has 9 nitrogen and oxygen atoms in total. The number of methoxy groups -OCH3 is 3. The third-order valence-corrected chi connectivity index (χ3v) is 3.79. The molecule has 0 aromatic heterocycles. The van der Waals surface area contributed by atoms with Crippen LogP contribution in [0, 0.1) is 0 Å². The molecule has 0 saturated carbocycles. The van der Waals surface area contributed by atoms with Crippen LogP contribution in [0.2, 0.25) is 0 Å². The zero-order valence-electron chi connectivity index (χ0n) is 16.2. The second kappa shape index (κ2) is 10.5. The topological polar surface area (TPSA) is 115 Å². The molecule has 0 spiro atoms. The number of carbonyl (C=O) groups is 3. The van der Waals surface area contributed by atoms with Crippen molar-refractivity contribution in [1.29, 1.82) is 0 Å². The Balaban J connectivity index is 1.84. The molecule has 29 heavy (non-hydrogen) atoms. The molecular formula is C20H21N3O6. The van der Waals surface area contributed by atoms with E-state index in [9.17, 15) is 14.4 Å². The highest BCUT2D eigenvalue weighted by Crippen LogP contribution is 2.27. The summed E-state index contributed by atoms with van der Waals surface area (Å²) in [5, 5.41) is 6.30. The Bertz CT molecular complexity index is 909. The molecule has 0 radical (unpaired) electrons. The molecule has 2 aromatic carbocycles. The van der Waals surface area contributed by atoms with Crippen LogP contribution in [0.25, 0.3) is 0 Å². The summed E-state index contributed by atoms with van der Waals surface area (Å²) in [5.41, 5.74) is 3.71. The van der Waals surface area contributed by atoms with E-state index in [1.165, 1.54) is 33.6 Å². The Kier molecular flexibility index (Phi) is 7.72. The van der Waals surface area contributed by atoms with E-state index in [1.54, 1.807) is 36.4 Å². The third-order valence-electron chi connectivity index (χ3n) is 3.79. The fourth-order valence-electron chi connectivity index (χ4n) is 2.28. The number of hydrogen-bond acceptors (Lipinski definition) is 7. The van der Waals surface area contributed by atoms with Crippen LogP contribution < -0.4 is 20.2 Å². The summed E-state index contributed by atoms with van der Waals surface area (Å²) in [6.45, 7) is -0.258. The van der Waals surface area contributed by atoms with Crippen molar-refractivity contribution < 1.29 is 28.6 Å². The predicted molar refractivity (Wildman–Crippen MR) is 105 cm³/mol. The second-order valence-corrected chi connectivity index (χ2v) is 5.66. The van der Waals surface area contributed by atoms with Crippen LogP contribution >= 0.6 is 0 Å². The summed E-state index contributed by atoms with van der Waals surface area (Å²) in [6.07, 6.45) is 1.41. The van der Waals surface area contributed by atoms with Gasteiger partial charge < -0.3 is 19.5 Å². The minimum Gasteiger partial charge on any atom is -0.493 e. The van der Waals surface area contributed by atoms with Gasteiger partial charge in [0.05, 0.1) is 39.7 Å². The van der Waals surface area contributed by atoms with Crippen LogP contribution in [0.1, 0.15) is 26.3 Å². The van der Waals surface area contributed by atoms with Crippen molar-refractivity contribution in [2.24, 2.45) is 5.10 Å². The first-order valence-corrected chi connectivity index (χ1v) is 8.49. The van der Waals surface area contributed by atoms with Gasteiger partial charge in [0.1, 0.15) is 0 Å². The number of rotatable bonds is 8. The SMILES string of the molecule is COC(=O)c1ccc(C=NNC(=O)CNC(=O)c2ccc(OC)c(OC)c2)cc1. The molecule has 2 aromatic rings. The Hall–Kier alpha value is -3.88. The number of ether oxygens (including phenoxy) is 3. The molecule has 2 amide bonds. The number of carbonyl (C=O) groups excluding carboxylic acids is 3. The molecule has 0 saturated heterocycles. The van der Waals surface area contributed by atoms with Gasteiger partial charge in [-0.3, -0.25) is 9.59 Å².